The number of carbonyl (C=O) groups is 8. The van der Waals surface area contributed by atoms with Gasteiger partial charge < -0.3 is 54.0 Å². The molecule has 0 aliphatic heterocycles. The smallest absolute Gasteiger partial charge is 0.326 e. The molecule has 0 heterocycles. The van der Waals surface area contributed by atoms with Gasteiger partial charge in [-0.1, -0.05) is 121 Å². The lowest BCUT2D eigenvalue weighted by atomic mass is 10.0. The van der Waals surface area contributed by atoms with Crippen LogP contribution >= 0.6 is 0 Å². The summed E-state index contributed by atoms with van der Waals surface area (Å²) in [6.45, 7) is 5.12. The average molecular weight is 923 g/mol. The summed E-state index contributed by atoms with van der Waals surface area (Å²) in [6, 6.07) is 9.66. The summed E-state index contributed by atoms with van der Waals surface area (Å²) < 4.78 is 0. The van der Waals surface area contributed by atoms with Crippen molar-refractivity contribution >= 4 is 53.0 Å². The van der Waals surface area contributed by atoms with Gasteiger partial charge in [-0.3, -0.25) is 33.6 Å². The van der Waals surface area contributed by atoms with E-state index in [-0.39, 0.29) is 43.9 Å². The van der Waals surface area contributed by atoms with Gasteiger partial charge in [-0.15, -0.1) is 0 Å². The van der Waals surface area contributed by atoms with E-state index in [1.807, 2.05) is 13.8 Å². The van der Waals surface area contributed by atoms with Crippen LogP contribution in [0.25, 0.3) is 0 Å². The Labute approximate surface area is 388 Å². The number of carboxylic acids is 1. The van der Waals surface area contributed by atoms with Crippen molar-refractivity contribution in [3.05, 3.63) is 65.7 Å². The first-order valence-electron chi connectivity index (χ1n) is 23.2. The number of nitrogens with one attached hydrogen (secondary N) is 5. The zero-order valence-electron chi connectivity index (χ0n) is 38.9. The summed E-state index contributed by atoms with van der Waals surface area (Å²) in [6.07, 6.45) is 10.0. The number of amides is 7. The third-order valence-electron chi connectivity index (χ3n) is 11.0. The lowest BCUT2D eigenvalue weighted by Crippen LogP contribution is -2.59. The van der Waals surface area contributed by atoms with Crippen molar-refractivity contribution < 1.29 is 48.6 Å². The topological polar surface area (TPSA) is 315 Å². The molecule has 2 aromatic rings. The van der Waals surface area contributed by atoms with E-state index >= 15 is 0 Å². The first-order valence-corrected chi connectivity index (χ1v) is 23.2. The Morgan fingerprint density at radius 3 is 1.44 bits per heavy atom. The molecule has 1 unspecified atom stereocenters. The molecule has 366 valence electrons. The molecule has 18 nitrogen and oxygen atoms in total. The second kappa shape index (κ2) is 31.0. The molecule has 0 bridgehead atoms. The summed E-state index contributed by atoms with van der Waals surface area (Å²) in [5.41, 5.74) is 18.6. The minimum absolute atomic E-state index is 0.0201. The Morgan fingerprint density at radius 1 is 0.530 bits per heavy atom. The number of benzene rings is 2. The average Bonchev–Trinajstić information content (AvgIpc) is 3.25. The fraction of sp³-hybridized carbons (Fsp3) is 0.583. The maximum atomic E-state index is 13.3. The first-order chi connectivity index (χ1) is 31.4. The molecule has 0 aliphatic carbocycles. The van der Waals surface area contributed by atoms with Gasteiger partial charge in [0, 0.05) is 31.4 Å². The van der Waals surface area contributed by atoms with Crippen molar-refractivity contribution in [1.29, 1.82) is 0 Å². The molecule has 13 N–H and O–H groups in total. The molecule has 2 rings (SSSR count). The van der Waals surface area contributed by atoms with E-state index in [1.165, 1.54) is 6.92 Å². The third kappa shape index (κ3) is 23.8. The molecule has 66 heavy (non-hydrogen) atoms. The molecule has 6 atom stereocenters. The zero-order chi connectivity index (χ0) is 49.0. The van der Waals surface area contributed by atoms with Crippen molar-refractivity contribution in [2.45, 2.75) is 173 Å². The number of hydrogen-bond donors (Lipinski definition) is 10. The molecule has 0 spiro atoms. The molecule has 0 fully saturated rings. The monoisotopic (exact) mass is 923 g/mol. The summed E-state index contributed by atoms with van der Waals surface area (Å²) in [5, 5.41) is 32.9. The highest BCUT2D eigenvalue weighted by Crippen LogP contribution is 2.15. The second-order valence-electron chi connectivity index (χ2n) is 17.5. The van der Waals surface area contributed by atoms with Crippen LogP contribution in [0.1, 0.15) is 135 Å². The van der Waals surface area contributed by atoms with Crippen LogP contribution < -0.4 is 43.8 Å². The molecule has 0 radical (unpaired) electrons. The second-order valence-corrected chi connectivity index (χ2v) is 17.5. The predicted molar refractivity (Wildman–Crippen MR) is 251 cm³/mol. The molecule has 2 aromatic carbocycles. The van der Waals surface area contributed by atoms with Gasteiger partial charge in [0.15, 0.2) is 0 Å². The van der Waals surface area contributed by atoms with Gasteiger partial charge in [0.1, 0.15) is 30.2 Å². The van der Waals surface area contributed by atoms with Crippen molar-refractivity contribution in [2.75, 3.05) is 5.73 Å². The number of nitrogens with two attached hydrogens (primary N) is 3. The number of primary amides is 2. The van der Waals surface area contributed by atoms with Crippen LogP contribution in [0, 0.1) is 5.92 Å². The van der Waals surface area contributed by atoms with E-state index in [0.29, 0.717) is 24.1 Å². The number of nitrogen functional groups attached to an aromatic ring is 1. The highest BCUT2D eigenvalue weighted by Gasteiger charge is 2.32. The van der Waals surface area contributed by atoms with E-state index in [1.54, 1.807) is 54.6 Å². The highest BCUT2D eigenvalue weighted by molar-refractivity contribution is 5.95. The van der Waals surface area contributed by atoms with Crippen molar-refractivity contribution in [3.63, 3.8) is 0 Å². The highest BCUT2D eigenvalue weighted by atomic mass is 16.4. The minimum atomic E-state index is -1.29. The standard InChI is InChI=1S/C48H74N8O10/c1-31(2)27-37(45(62)53-36(44(51)61)28-34-23-25-35(49)26-24-34)54-47(64)43(32(3)57)56-42(60)22-18-13-11-9-7-5-4-6-8-10-12-17-21-41(59)52-38(30-40(50)58)46(63)55-39(48(65)66)29-33-19-15-14-16-20-33/h14-16,19-20,23-26,31-32,36-39,43,57H,4-13,17-18,21-22,27-30,49H2,1-3H3,(H2,50,58)(H2,51,61)(H,52,59)(H,53,62)(H,54,64)(H,55,63)(H,56,60)(H,65,66)/t32?,36-,37-,38-,39-,43-/m0/s1. The Balaban J connectivity index is 1.63. The number of carboxylic acid groups (broad SMARTS) is 1. The fourth-order valence-electron chi connectivity index (χ4n) is 7.34. The van der Waals surface area contributed by atoms with Gasteiger partial charge in [0.2, 0.25) is 41.4 Å². The molecule has 7 amide bonds. The van der Waals surface area contributed by atoms with Crippen LogP contribution in [-0.2, 0) is 51.2 Å². The number of rotatable bonds is 34. The largest absolute Gasteiger partial charge is 0.480 e. The Hall–Kier alpha value is -6.04. The maximum Gasteiger partial charge on any atom is 0.326 e. The van der Waals surface area contributed by atoms with Crippen LogP contribution in [0.15, 0.2) is 54.6 Å². The quantitative estimate of drug-likeness (QED) is 0.0360. The van der Waals surface area contributed by atoms with Crippen LogP contribution in [0.2, 0.25) is 0 Å². The van der Waals surface area contributed by atoms with Gasteiger partial charge in [0.05, 0.1) is 12.5 Å². The van der Waals surface area contributed by atoms with E-state index in [9.17, 15) is 48.6 Å². The van der Waals surface area contributed by atoms with E-state index in [4.69, 9.17) is 17.2 Å². The Morgan fingerprint density at radius 2 is 0.970 bits per heavy atom. The van der Waals surface area contributed by atoms with Crippen LogP contribution in [0.5, 0.6) is 0 Å². The van der Waals surface area contributed by atoms with E-state index < -0.39 is 84.1 Å². The number of anilines is 1. The Bertz CT molecular complexity index is 1840. The normalized spacial score (nSPS) is 13.8. The molecule has 0 saturated carbocycles. The maximum absolute atomic E-state index is 13.3. The lowest BCUT2D eigenvalue weighted by Gasteiger charge is -2.27. The minimum Gasteiger partial charge on any atom is -0.480 e. The van der Waals surface area contributed by atoms with Crippen molar-refractivity contribution in [2.24, 2.45) is 17.4 Å². The summed E-state index contributed by atoms with van der Waals surface area (Å²) in [4.78, 5) is 101. The van der Waals surface area contributed by atoms with E-state index in [2.05, 4.69) is 26.6 Å². The summed E-state index contributed by atoms with van der Waals surface area (Å²) in [7, 11) is 0. The zero-order valence-corrected chi connectivity index (χ0v) is 38.9. The van der Waals surface area contributed by atoms with Crippen LogP contribution in [-0.4, -0.2) is 93.8 Å². The van der Waals surface area contributed by atoms with Crippen molar-refractivity contribution in [3.8, 4) is 0 Å². The third-order valence-corrected chi connectivity index (χ3v) is 11.0. The van der Waals surface area contributed by atoms with E-state index in [0.717, 1.165) is 69.8 Å². The van der Waals surface area contributed by atoms with Gasteiger partial charge in [-0.2, -0.15) is 0 Å². The molecule has 0 saturated heterocycles. The molecule has 0 aromatic heterocycles. The summed E-state index contributed by atoms with van der Waals surface area (Å²) in [5.74, 6) is -5.74. The van der Waals surface area contributed by atoms with Gasteiger partial charge in [0.25, 0.3) is 0 Å². The van der Waals surface area contributed by atoms with Gasteiger partial charge in [-0.25, -0.2) is 4.79 Å². The molecular formula is C48H74N8O10. The van der Waals surface area contributed by atoms with Crippen LogP contribution in [0.3, 0.4) is 0 Å². The fourth-order valence-corrected chi connectivity index (χ4v) is 7.34. The molecule has 0 aliphatic rings. The Kier molecular flexibility index (Phi) is 26.3. The number of carbonyl (C=O) groups excluding carboxylic acids is 7. The number of aliphatic hydroxyl groups is 1. The number of unbranched alkanes of at least 4 members (excludes halogenated alkanes) is 11. The predicted octanol–water partition coefficient (Wildman–Crippen LogP) is 2.81. The number of hydrogen-bond acceptors (Lipinski definition) is 10. The molecule has 18 heteroatoms. The SMILES string of the molecule is CC(C)C[C@H](NC(=O)[C@@H](NC(=O)CCCCCCCCCCCCCCC(=O)N[C@@H](CC(N)=O)C(=O)N[C@@H](Cc1ccccc1)C(=O)O)C(C)O)C(=O)N[C@@H](Cc1ccc(N)cc1)C(N)=O. The van der Waals surface area contributed by atoms with Gasteiger partial charge >= 0.3 is 5.97 Å². The first kappa shape index (κ1) is 56.1. The van der Waals surface area contributed by atoms with Gasteiger partial charge in [-0.05, 0) is 55.4 Å². The number of aliphatic carboxylic acids is 1. The summed E-state index contributed by atoms with van der Waals surface area (Å²) >= 11 is 0. The van der Waals surface area contributed by atoms with Crippen molar-refractivity contribution in [1.82, 2.24) is 26.6 Å². The van der Waals surface area contributed by atoms with Crippen LogP contribution in [0.4, 0.5) is 5.69 Å². The molecular weight excluding hydrogens is 849 g/mol. The number of aliphatic hydroxyl groups excluding tert-OH is 1. The lowest BCUT2D eigenvalue weighted by molar-refractivity contribution is -0.142.